The zero-order valence-corrected chi connectivity index (χ0v) is 13.8. The Morgan fingerprint density at radius 1 is 1.06 bits per heavy atom. The number of hydrogen-bond donors (Lipinski definition) is 0. The van der Waals surface area contributed by atoms with E-state index in [2.05, 4.69) is 33.4 Å². The lowest BCUT2D eigenvalue weighted by atomic mass is 9.72. The lowest BCUT2D eigenvalue weighted by Gasteiger charge is -2.40. The van der Waals surface area contributed by atoms with Crippen molar-refractivity contribution in [3.05, 3.63) is 12.7 Å². The average Bonchev–Trinajstić information content (AvgIpc) is 2.42. The first-order valence-electron chi connectivity index (χ1n) is 7.91. The molecule has 0 aromatic rings. The molecule has 0 radical (unpaired) electrons. The highest BCUT2D eigenvalue weighted by atomic mass is 28.4. The molecule has 0 spiro atoms. The molecule has 0 unspecified atom stereocenters. The van der Waals surface area contributed by atoms with Crippen LogP contribution in [0.2, 0.25) is 18.1 Å². The van der Waals surface area contributed by atoms with E-state index in [4.69, 9.17) is 4.43 Å². The van der Waals surface area contributed by atoms with Gasteiger partial charge in [-0.05, 0) is 42.8 Å². The fourth-order valence-electron chi connectivity index (χ4n) is 3.38. The minimum atomic E-state index is -1.41. The Hall–Kier alpha value is -0.0831. The Bertz CT molecular complexity index is 231. The summed E-state index contributed by atoms with van der Waals surface area (Å²) in [5.41, 5.74) is 0.428. The topological polar surface area (TPSA) is 9.23 Å². The Kier molecular flexibility index (Phi) is 6.65. The maximum Gasteiger partial charge on any atom is 0.192 e. The molecule has 0 saturated heterocycles. The van der Waals surface area contributed by atoms with Crippen molar-refractivity contribution >= 4 is 8.32 Å². The SMILES string of the molecule is C=CCC1(CO[Si](CC)(CC)CC)CCCCC1. The van der Waals surface area contributed by atoms with E-state index in [0.717, 1.165) is 13.0 Å². The maximum atomic E-state index is 6.56. The van der Waals surface area contributed by atoms with Crippen LogP contribution in [0.1, 0.15) is 59.3 Å². The summed E-state index contributed by atoms with van der Waals surface area (Å²) in [6.07, 6.45) is 10.1. The molecule has 0 aromatic heterocycles. The molecule has 1 aliphatic rings. The van der Waals surface area contributed by atoms with Crippen molar-refractivity contribution in [2.24, 2.45) is 5.41 Å². The number of rotatable bonds is 8. The Balaban J connectivity index is 2.63. The zero-order valence-electron chi connectivity index (χ0n) is 12.8. The first-order chi connectivity index (χ1) is 8.66. The molecule has 0 bridgehead atoms. The molecular formula is C16H32OSi. The highest BCUT2D eigenvalue weighted by Gasteiger charge is 2.36. The van der Waals surface area contributed by atoms with Crippen LogP contribution in [0.5, 0.6) is 0 Å². The van der Waals surface area contributed by atoms with Gasteiger partial charge in [0.05, 0.1) is 0 Å². The summed E-state index contributed by atoms with van der Waals surface area (Å²) >= 11 is 0. The van der Waals surface area contributed by atoms with Gasteiger partial charge in [-0.1, -0.05) is 46.1 Å². The molecule has 1 fully saturated rings. The van der Waals surface area contributed by atoms with Crippen molar-refractivity contribution in [2.75, 3.05) is 6.61 Å². The second-order valence-corrected chi connectivity index (χ2v) is 10.9. The number of allylic oxidation sites excluding steroid dienone is 1. The van der Waals surface area contributed by atoms with Crippen molar-refractivity contribution in [1.29, 1.82) is 0 Å². The largest absolute Gasteiger partial charge is 0.416 e. The van der Waals surface area contributed by atoms with Crippen LogP contribution in [0, 0.1) is 5.41 Å². The third-order valence-electron chi connectivity index (χ3n) is 5.11. The Labute approximate surface area is 115 Å². The van der Waals surface area contributed by atoms with Crippen LogP contribution in [0.15, 0.2) is 12.7 Å². The van der Waals surface area contributed by atoms with Crippen LogP contribution in [-0.2, 0) is 4.43 Å². The molecule has 1 saturated carbocycles. The van der Waals surface area contributed by atoms with E-state index in [1.165, 1.54) is 50.2 Å². The van der Waals surface area contributed by atoms with Crippen LogP contribution in [-0.4, -0.2) is 14.9 Å². The summed E-state index contributed by atoms with van der Waals surface area (Å²) in [5.74, 6) is 0. The van der Waals surface area contributed by atoms with Crippen molar-refractivity contribution in [2.45, 2.75) is 77.4 Å². The van der Waals surface area contributed by atoms with Crippen molar-refractivity contribution < 1.29 is 4.43 Å². The van der Waals surface area contributed by atoms with Gasteiger partial charge in [-0.2, -0.15) is 0 Å². The third-order valence-corrected chi connectivity index (χ3v) is 9.73. The summed E-state index contributed by atoms with van der Waals surface area (Å²) in [5, 5.41) is 0. The van der Waals surface area contributed by atoms with Crippen LogP contribution in [0.4, 0.5) is 0 Å². The lowest BCUT2D eigenvalue weighted by Crippen LogP contribution is -2.41. The van der Waals surface area contributed by atoms with Gasteiger partial charge in [-0.25, -0.2) is 0 Å². The van der Waals surface area contributed by atoms with Gasteiger partial charge in [0.15, 0.2) is 8.32 Å². The van der Waals surface area contributed by atoms with E-state index in [1.807, 2.05) is 0 Å². The van der Waals surface area contributed by atoms with E-state index in [0.29, 0.717) is 5.41 Å². The van der Waals surface area contributed by atoms with Gasteiger partial charge >= 0.3 is 0 Å². The predicted octanol–water partition coefficient (Wildman–Crippen LogP) is 5.53. The lowest BCUT2D eigenvalue weighted by molar-refractivity contribution is 0.0927. The average molecular weight is 269 g/mol. The van der Waals surface area contributed by atoms with Crippen LogP contribution >= 0.6 is 0 Å². The molecule has 0 heterocycles. The van der Waals surface area contributed by atoms with E-state index in [1.54, 1.807) is 0 Å². The molecular weight excluding hydrogens is 236 g/mol. The molecule has 18 heavy (non-hydrogen) atoms. The van der Waals surface area contributed by atoms with Crippen LogP contribution < -0.4 is 0 Å². The van der Waals surface area contributed by atoms with Crippen molar-refractivity contribution in [3.63, 3.8) is 0 Å². The second-order valence-electron chi connectivity index (χ2n) is 6.09. The van der Waals surface area contributed by atoms with E-state index < -0.39 is 8.32 Å². The summed E-state index contributed by atoms with van der Waals surface area (Å²) in [4.78, 5) is 0. The molecule has 0 aromatic carbocycles. The minimum absolute atomic E-state index is 0.428. The highest BCUT2D eigenvalue weighted by molar-refractivity contribution is 6.73. The molecule has 0 N–H and O–H groups in total. The standard InChI is InChI=1S/C16H32OSi/c1-5-12-16(13-10-9-11-14-16)15-17-18(6-2,7-3)8-4/h5H,1,6-15H2,2-4H3. The maximum absolute atomic E-state index is 6.56. The van der Waals surface area contributed by atoms with E-state index >= 15 is 0 Å². The van der Waals surface area contributed by atoms with Crippen molar-refractivity contribution in [1.82, 2.24) is 0 Å². The molecule has 1 nitrogen and oxygen atoms in total. The first kappa shape index (κ1) is 16.0. The normalized spacial score (nSPS) is 19.7. The van der Waals surface area contributed by atoms with Gasteiger partial charge in [0, 0.05) is 6.61 Å². The summed E-state index contributed by atoms with van der Waals surface area (Å²) in [6, 6.07) is 3.80. The van der Waals surface area contributed by atoms with Gasteiger partial charge in [-0.15, -0.1) is 6.58 Å². The van der Waals surface area contributed by atoms with Crippen molar-refractivity contribution in [3.8, 4) is 0 Å². The molecule has 2 heteroatoms. The van der Waals surface area contributed by atoms with E-state index in [9.17, 15) is 0 Å². The fourth-order valence-corrected chi connectivity index (χ4v) is 6.10. The summed E-state index contributed by atoms with van der Waals surface area (Å²) in [6.45, 7) is 11.9. The smallest absolute Gasteiger partial charge is 0.192 e. The summed E-state index contributed by atoms with van der Waals surface area (Å²) < 4.78 is 6.56. The van der Waals surface area contributed by atoms with Gasteiger partial charge in [0.25, 0.3) is 0 Å². The highest BCUT2D eigenvalue weighted by Crippen LogP contribution is 2.41. The van der Waals surface area contributed by atoms with E-state index in [-0.39, 0.29) is 0 Å². The van der Waals surface area contributed by atoms with Gasteiger partial charge in [0.2, 0.25) is 0 Å². The van der Waals surface area contributed by atoms with Gasteiger partial charge in [-0.3, -0.25) is 0 Å². The molecule has 0 aliphatic heterocycles. The Morgan fingerprint density at radius 3 is 2.06 bits per heavy atom. The zero-order chi connectivity index (χ0) is 13.5. The number of hydrogen-bond acceptors (Lipinski definition) is 1. The fraction of sp³-hybridized carbons (Fsp3) is 0.875. The predicted molar refractivity (Wildman–Crippen MR) is 83.5 cm³/mol. The molecule has 0 atom stereocenters. The molecule has 106 valence electrons. The van der Waals surface area contributed by atoms with Gasteiger partial charge < -0.3 is 4.43 Å². The Morgan fingerprint density at radius 2 is 1.61 bits per heavy atom. The monoisotopic (exact) mass is 268 g/mol. The first-order valence-corrected chi connectivity index (χ1v) is 10.4. The quantitative estimate of drug-likeness (QED) is 0.415. The summed E-state index contributed by atoms with van der Waals surface area (Å²) in [7, 11) is -1.41. The molecule has 1 rings (SSSR count). The van der Waals surface area contributed by atoms with Crippen LogP contribution in [0.25, 0.3) is 0 Å². The second kappa shape index (κ2) is 7.49. The molecule has 0 amide bonds. The van der Waals surface area contributed by atoms with Gasteiger partial charge in [0.1, 0.15) is 0 Å². The molecule has 1 aliphatic carbocycles. The minimum Gasteiger partial charge on any atom is -0.416 e. The van der Waals surface area contributed by atoms with Crippen LogP contribution in [0.3, 0.4) is 0 Å². The third kappa shape index (κ3) is 3.96.